The van der Waals surface area contributed by atoms with E-state index in [9.17, 15) is 14.0 Å². The third-order valence-electron chi connectivity index (χ3n) is 2.19. The number of carbonyl (C=O) groups is 2. The van der Waals surface area contributed by atoms with Gasteiger partial charge >= 0.3 is 0 Å². The Labute approximate surface area is 85.5 Å². The predicted molar refractivity (Wildman–Crippen MR) is 51.9 cm³/mol. The predicted octanol–water partition coefficient (Wildman–Crippen LogP) is 0.988. The SMILES string of the molecule is C#CCN1C(=O)C(=O)c2cccc(F)c21. The summed E-state index contributed by atoms with van der Waals surface area (Å²) in [7, 11) is 0. The number of Topliss-reactive ketones (excluding diaryl/α,β-unsaturated/α-hetero) is 1. The molecule has 74 valence electrons. The number of rotatable bonds is 1. The molecule has 3 nitrogen and oxygen atoms in total. The summed E-state index contributed by atoms with van der Waals surface area (Å²) in [5, 5.41) is 0. The van der Waals surface area contributed by atoms with Gasteiger partial charge in [0.2, 0.25) is 0 Å². The minimum atomic E-state index is -0.770. The second-order valence-corrected chi connectivity index (χ2v) is 3.06. The van der Waals surface area contributed by atoms with Gasteiger partial charge in [0.25, 0.3) is 11.7 Å². The van der Waals surface area contributed by atoms with Crippen LogP contribution in [0.2, 0.25) is 0 Å². The van der Waals surface area contributed by atoms with E-state index >= 15 is 0 Å². The molecule has 0 fully saturated rings. The molecule has 0 saturated carbocycles. The number of anilines is 1. The van der Waals surface area contributed by atoms with Gasteiger partial charge in [0.1, 0.15) is 5.82 Å². The highest BCUT2D eigenvalue weighted by Gasteiger charge is 2.37. The summed E-state index contributed by atoms with van der Waals surface area (Å²) in [5.74, 6) is 0.127. The van der Waals surface area contributed by atoms with E-state index < -0.39 is 17.5 Å². The molecule has 0 unspecified atom stereocenters. The van der Waals surface area contributed by atoms with Gasteiger partial charge in [-0.1, -0.05) is 12.0 Å². The summed E-state index contributed by atoms with van der Waals surface area (Å²) in [6.45, 7) is -0.0987. The molecular formula is C11H6FNO2. The molecule has 2 rings (SSSR count). The van der Waals surface area contributed by atoms with Gasteiger partial charge in [-0.05, 0) is 12.1 Å². The molecule has 0 aromatic heterocycles. The maximum Gasteiger partial charge on any atom is 0.300 e. The average Bonchev–Trinajstić information content (AvgIpc) is 2.46. The minimum Gasteiger partial charge on any atom is -0.290 e. The van der Waals surface area contributed by atoms with Gasteiger partial charge in [0.15, 0.2) is 0 Å². The van der Waals surface area contributed by atoms with Crippen LogP contribution < -0.4 is 4.90 Å². The summed E-state index contributed by atoms with van der Waals surface area (Å²) in [6, 6.07) is 3.99. The number of nitrogens with zero attached hydrogens (tertiary/aromatic N) is 1. The van der Waals surface area contributed by atoms with Crippen LogP contribution in [0.5, 0.6) is 0 Å². The lowest BCUT2D eigenvalue weighted by molar-refractivity contribution is -0.114. The molecule has 0 saturated heterocycles. The second-order valence-electron chi connectivity index (χ2n) is 3.06. The van der Waals surface area contributed by atoms with E-state index in [1.54, 1.807) is 0 Å². The topological polar surface area (TPSA) is 37.4 Å². The van der Waals surface area contributed by atoms with Gasteiger partial charge in [0, 0.05) is 0 Å². The number of fused-ring (bicyclic) bond motifs is 1. The fourth-order valence-corrected chi connectivity index (χ4v) is 1.55. The fraction of sp³-hybridized carbons (Fsp3) is 0.0909. The molecule has 0 aliphatic carbocycles. The van der Waals surface area contributed by atoms with Crippen molar-refractivity contribution in [3.05, 3.63) is 29.6 Å². The van der Waals surface area contributed by atoms with Crippen LogP contribution in [-0.4, -0.2) is 18.2 Å². The number of benzene rings is 1. The van der Waals surface area contributed by atoms with Crippen molar-refractivity contribution in [3.63, 3.8) is 0 Å². The third-order valence-corrected chi connectivity index (χ3v) is 2.19. The molecule has 1 aromatic rings. The van der Waals surface area contributed by atoms with Crippen LogP contribution >= 0.6 is 0 Å². The first kappa shape index (κ1) is 9.41. The van der Waals surface area contributed by atoms with Crippen LogP contribution in [-0.2, 0) is 4.79 Å². The molecule has 0 radical (unpaired) electrons. The van der Waals surface area contributed by atoms with E-state index in [1.807, 2.05) is 0 Å². The molecule has 0 N–H and O–H groups in total. The highest BCUT2D eigenvalue weighted by molar-refractivity contribution is 6.52. The Balaban J connectivity index is 2.63. The fourth-order valence-electron chi connectivity index (χ4n) is 1.55. The summed E-state index contributed by atoms with van der Waals surface area (Å²) in [6.07, 6.45) is 5.05. The average molecular weight is 203 g/mol. The number of amides is 1. The Bertz CT molecular complexity index is 502. The van der Waals surface area contributed by atoms with Crippen molar-refractivity contribution in [2.24, 2.45) is 0 Å². The first-order valence-corrected chi connectivity index (χ1v) is 4.25. The lowest BCUT2D eigenvalue weighted by atomic mass is 10.1. The lowest BCUT2D eigenvalue weighted by Gasteiger charge is -2.12. The maximum absolute atomic E-state index is 13.4. The molecule has 1 aliphatic rings. The first-order valence-electron chi connectivity index (χ1n) is 4.25. The zero-order valence-corrected chi connectivity index (χ0v) is 7.66. The Morgan fingerprint density at radius 2 is 2.13 bits per heavy atom. The molecule has 0 bridgehead atoms. The molecule has 1 amide bonds. The Morgan fingerprint density at radius 3 is 2.80 bits per heavy atom. The largest absolute Gasteiger partial charge is 0.300 e. The number of terminal acetylenes is 1. The van der Waals surface area contributed by atoms with Crippen LogP contribution in [0.25, 0.3) is 0 Å². The zero-order valence-electron chi connectivity index (χ0n) is 7.66. The molecular weight excluding hydrogens is 197 g/mol. The van der Waals surface area contributed by atoms with Gasteiger partial charge < -0.3 is 0 Å². The van der Waals surface area contributed by atoms with Crippen molar-refractivity contribution in [2.45, 2.75) is 0 Å². The van der Waals surface area contributed by atoms with Crippen molar-refractivity contribution < 1.29 is 14.0 Å². The zero-order chi connectivity index (χ0) is 11.0. The monoisotopic (exact) mass is 203 g/mol. The van der Waals surface area contributed by atoms with E-state index in [1.165, 1.54) is 18.2 Å². The van der Waals surface area contributed by atoms with Crippen LogP contribution in [0.4, 0.5) is 10.1 Å². The van der Waals surface area contributed by atoms with Crippen LogP contribution in [0.3, 0.4) is 0 Å². The molecule has 4 heteroatoms. The smallest absolute Gasteiger partial charge is 0.290 e. The Morgan fingerprint density at radius 1 is 1.40 bits per heavy atom. The number of hydrogen-bond donors (Lipinski definition) is 0. The number of para-hydroxylation sites is 1. The Hall–Kier alpha value is -2.15. The Kier molecular flexibility index (Phi) is 2.01. The molecule has 1 aliphatic heterocycles. The number of halogens is 1. The van der Waals surface area contributed by atoms with E-state index in [0.29, 0.717) is 0 Å². The van der Waals surface area contributed by atoms with E-state index in [4.69, 9.17) is 6.42 Å². The van der Waals surface area contributed by atoms with Crippen LogP contribution in [0, 0.1) is 18.2 Å². The van der Waals surface area contributed by atoms with Crippen molar-refractivity contribution in [2.75, 3.05) is 11.4 Å². The number of carbonyl (C=O) groups excluding carboxylic acids is 2. The third kappa shape index (κ3) is 1.21. The van der Waals surface area contributed by atoms with Crippen molar-refractivity contribution in [1.82, 2.24) is 0 Å². The number of ketones is 1. The van der Waals surface area contributed by atoms with Gasteiger partial charge in [-0.3, -0.25) is 14.5 Å². The van der Waals surface area contributed by atoms with Gasteiger partial charge in [-0.15, -0.1) is 6.42 Å². The molecule has 1 heterocycles. The van der Waals surface area contributed by atoms with Crippen molar-refractivity contribution in [1.29, 1.82) is 0 Å². The summed E-state index contributed by atoms with van der Waals surface area (Å²) in [4.78, 5) is 23.8. The molecule has 0 spiro atoms. The van der Waals surface area contributed by atoms with Crippen LogP contribution in [0.15, 0.2) is 18.2 Å². The number of hydrogen-bond acceptors (Lipinski definition) is 2. The van der Waals surface area contributed by atoms with E-state index in [0.717, 1.165) is 4.90 Å². The van der Waals surface area contributed by atoms with Gasteiger partial charge in [-0.2, -0.15) is 0 Å². The molecule has 0 atom stereocenters. The standard InChI is InChI=1S/C11H6FNO2/c1-2-6-13-9-7(10(14)11(13)15)4-3-5-8(9)12/h1,3-5H,6H2. The first-order chi connectivity index (χ1) is 7.16. The summed E-state index contributed by atoms with van der Waals surface area (Å²) in [5.41, 5.74) is 0.0701. The normalized spacial score (nSPS) is 14.0. The minimum absolute atomic E-state index is 0.00884. The maximum atomic E-state index is 13.4. The summed E-state index contributed by atoms with van der Waals surface area (Å²) >= 11 is 0. The second kappa shape index (κ2) is 3.21. The van der Waals surface area contributed by atoms with Crippen molar-refractivity contribution in [3.8, 4) is 12.3 Å². The lowest BCUT2D eigenvalue weighted by Crippen LogP contribution is -2.30. The molecule has 1 aromatic carbocycles. The highest BCUT2D eigenvalue weighted by atomic mass is 19.1. The van der Waals surface area contributed by atoms with Crippen LogP contribution in [0.1, 0.15) is 10.4 Å². The molecule has 15 heavy (non-hydrogen) atoms. The van der Waals surface area contributed by atoms with E-state index in [-0.39, 0.29) is 17.8 Å². The summed E-state index contributed by atoms with van der Waals surface area (Å²) < 4.78 is 13.4. The van der Waals surface area contributed by atoms with Crippen molar-refractivity contribution >= 4 is 17.4 Å². The van der Waals surface area contributed by atoms with Gasteiger partial charge in [0.05, 0.1) is 17.8 Å². The van der Waals surface area contributed by atoms with E-state index in [2.05, 4.69) is 5.92 Å². The highest BCUT2D eigenvalue weighted by Crippen LogP contribution is 2.30. The van der Waals surface area contributed by atoms with Gasteiger partial charge in [-0.25, -0.2) is 4.39 Å². The quantitative estimate of drug-likeness (QED) is 0.504.